The first-order valence-electron chi connectivity index (χ1n) is 15.5. The van der Waals surface area contributed by atoms with Gasteiger partial charge in [-0.2, -0.15) is 0 Å². The van der Waals surface area contributed by atoms with Crippen LogP contribution in [0.1, 0.15) is 72.2 Å². The molecule has 7 nitrogen and oxygen atoms in total. The molecule has 1 aliphatic heterocycles. The number of nitrogens with zero attached hydrogens (tertiary/aromatic N) is 3. The largest absolute Gasteiger partial charge is 0.465 e. The monoisotopic (exact) mass is 593 g/mol. The molecule has 0 spiro atoms. The standard InChI is InChI=1S/C36H36FN3O4/c1-42-35(41)29-14-4-6-15-31(29)36(30-16-8-11-24-10-2-3-12-27(24)30)40(34(39-44-36)33-18-9-21-43-33)23-25-22-38-20-19-26(25)28-13-5-7-17-32(28)37/h4-7,9,13-15,17-22,24,27,30H,2-3,8,10-12,16,23H2,1H3. The van der Waals surface area contributed by atoms with Crippen molar-refractivity contribution < 1.29 is 23.2 Å². The molecule has 2 fully saturated rings. The van der Waals surface area contributed by atoms with Gasteiger partial charge in [0.2, 0.25) is 11.6 Å². The lowest BCUT2D eigenvalue weighted by atomic mass is 9.61. The van der Waals surface area contributed by atoms with Crippen LogP contribution in [0.5, 0.6) is 0 Å². The van der Waals surface area contributed by atoms with E-state index in [1.54, 1.807) is 36.9 Å². The van der Waals surface area contributed by atoms with Crippen LogP contribution in [0.2, 0.25) is 0 Å². The molecule has 4 unspecified atom stereocenters. The molecule has 2 aromatic carbocycles. The van der Waals surface area contributed by atoms with Crippen LogP contribution in [0.4, 0.5) is 4.39 Å². The van der Waals surface area contributed by atoms with Crippen molar-refractivity contribution in [3.63, 3.8) is 0 Å². The first kappa shape index (κ1) is 28.3. The smallest absolute Gasteiger partial charge is 0.338 e. The summed E-state index contributed by atoms with van der Waals surface area (Å²) in [5, 5.41) is 4.75. The molecule has 0 radical (unpaired) electrons. The van der Waals surface area contributed by atoms with Gasteiger partial charge in [-0.15, -0.1) is 0 Å². The van der Waals surface area contributed by atoms with Crippen molar-refractivity contribution in [2.45, 2.75) is 57.2 Å². The predicted octanol–water partition coefficient (Wildman–Crippen LogP) is 7.92. The minimum absolute atomic E-state index is 0.0251. The number of amidine groups is 1. The summed E-state index contributed by atoms with van der Waals surface area (Å²) >= 11 is 0. The Balaban J connectivity index is 1.45. The summed E-state index contributed by atoms with van der Waals surface area (Å²) in [7, 11) is 1.40. The van der Waals surface area contributed by atoms with Gasteiger partial charge in [-0.05, 0) is 66.1 Å². The zero-order valence-corrected chi connectivity index (χ0v) is 24.8. The van der Waals surface area contributed by atoms with Crippen molar-refractivity contribution in [2.24, 2.45) is 22.9 Å². The normalized spacial score (nSPS) is 24.7. The van der Waals surface area contributed by atoms with Crippen molar-refractivity contribution in [2.75, 3.05) is 7.11 Å². The van der Waals surface area contributed by atoms with E-state index in [-0.39, 0.29) is 11.7 Å². The number of carbonyl (C=O) groups is 1. The molecule has 0 bridgehead atoms. The SMILES string of the molecule is COC(=O)c1ccccc1C1(C2CCCC3CCCCC32)ON=C(c2ccco2)N1Cc1cnccc1-c1ccccc1F. The molecule has 7 rings (SSSR count). The Morgan fingerprint density at radius 3 is 2.64 bits per heavy atom. The summed E-state index contributed by atoms with van der Waals surface area (Å²) in [6.45, 7) is 0.292. The summed E-state index contributed by atoms with van der Waals surface area (Å²) < 4.78 is 26.4. The van der Waals surface area contributed by atoms with Crippen LogP contribution in [0.25, 0.3) is 11.1 Å². The number of hydrogen-bond acceptors (Lipinski definition) is 7. The second-order valence-electron chi connectivity index (χ2n) is 12.1. The molecule has 8 heteroatoms. The van der Waals surface area contributed by atoms with E-state index in [0.29, 0.717) is 46.7 Å². The molecule has 0 saturated heterocycles. The number of aromatic nitrogens is 1. The summed E-state index contributed by atoms with van der Waals surface area (Å²) in [5.41, 5.74) is 2.04. The number of pyridine rings is 1. The predicted molar refractivity (Wildman–Crippen MR) is 164 cm³/mol. The number of carbonyl (C=O) groups excluding carboxylic acids is 1. The van der Waals surface area contributed by atoms with Crippen molar-refractivity contribution >= 4 is 11.8 Å². The molecule has 3 aliphatic rings. The second kappa shape index (κ2) is 11.9. The van der Waals surface area contributed by atoms with Crippen molar-refractivity contribution in [3.8, 4) is 11.1 Å². The number of hydrogen-bond donors (Lipinski definition) is 0. The number of halogens is 1. The highest BCUT2D eigenvalue weighted by Crippen LogP contribution is 2.56. The van der Waals surface area contributed by atoms with Crippen LogP contribution in [0.3, 0.4) is 0 Å². The van der Waals surface area contributed by atoms with Gasteiger partial charge in [-0.25, -0.2) is 9.18 Å². The fraction of sp³-hybridized carbons (Fsp3) is 0.361. The Morgan fingerprint density at radius 2 is 1.80 bits per heavy atom. The van der Waals surface area contributed by atoms with Gasteiger partial charge in [0.05, 0.1) is 25.5 Å². The molecule has 4 aromatic rings. The lowest BCUT2D eigenvalue weighted by Crippen LogP contribution is -2.55. The topological polar surface area (TPSA) is 77.2 Å². The van der Waals surface area contributed by atoms with Crippen molar-refractivity contribution in [3.05, 3.63) is 114 Å². The fourth-order valence-corrected chi connectivity index (χ4v) is 7.98. The molecule has 44 heavy (non-hydrogen) atoms. The van der Waals surface area contributed by atoms with E-state index in [1.165, 1.54) is 38.9 Å². The Morgan fingerprint density at radius 1 is 0.977 bits per heavy atom. The third-order valence-corrected chi connectivity index (χ3v) is 9.86. The zero-order valence-electron chi connectivity index (χ0n) is 24.8. The Kier molecular flexibility index (Phi) is 7.66. The number of methoxy groups -OCH3 is 1. The number of furan rings is 1. The van der Waals surface area contributed by atoms with E-state index in [0.717, 1.165) is 30.4 Å². The van der Waals surface area contributed by atoms with Crippen LogP contribution >= 0.6 is 0 Å². The van der Waals surface area contributed by atoms with Gasteiger partial charge in [0.1, 0.15) is 5.82 Å². The summed E-state index contributed by atoms with van der Waals surface area (Å²) in [6.07, 6.45) is 12.9. The van der Waals surface area contributed by atoms with Gasteiger partial charge in [-0.3, -0.25) is 4.98 Å². The molecule has 4 atom stereocenters. The number of rotatable bonds is 7. The Hall–Kier alpha value is -4.46. The molecule has 0 N–H and O–H groups in total. The highest BCUT2D eigenvalue weighted by molar-refractivity contribution is 5.98. The fourth-order valence-electron chi connectivity index (χ4n) is 7.98. The van der Waals surface area contributed by atoms with Crippen LogP contribution in [0, 0.1) is 23.6 Å². The van der Waals surface area contributed by atoms with E-state index >= 15 is 4.39 Å². The molecule has 226 valence electrons. The molecule has 2 aromatic heterocycles. The van der Waals surface area contributed by atoms with E-state index in [1.807, 2.05) is 42.5 Å². The summed E-state index contributed by atoms with van der Waals surface area (Å²) in [6, 6.07) is 19.8. The molecular formula is C36H36FN3O4. The first-order valence-corrected chi connectivity index (χ1v) is 15.5. The number of esters is 1. The molecule has 3 heterocycles. The summed E-state index contributed by atoms with van der Waals surface area (Å²) in [4.78, 5) is 26.7. The Bertz CT molecular complexity index is 1670. The highest BCUT2D eigenvalue weighted by atomic mass is 19.1. The number of oxime groups is 1. The third kappa shape index (κ3) is 4.77. The minimum Gasteiger partial charge on any atom is -0.465 e. The van der Waals surface area contributed by atoms with E-state index in [2.05, 4.69) is 9.88 Å². The van der Waals surface area contributed by atoms with Crippen LogP contribution < -0.4 is 0 Å². The van der Waals surface area contributed by atoms with Crippen molar-refractivity contribution in [1.29, 1.82) is 0 Å². The average Bonchev–Trinajstić information content (AvgIpc) is 3.74. The van der Waals surface area contributed by atoms with Gasteiger partial charge in [0.25, 0.3) is 0 Å². The Labute approximate surface area is 256 Å². The first-order chi connectivity index (χ1) is 21.6. The van der Waals surface area contributed by atoms with E-state index < -0.39 is 11.7 Å². The van der Waals surface area contributed by atoms with Gasteiger partial charge in [0.15, 0.2) is 5.76 Å². The zero-order chi connectivity index (χ0) is 30.1. The van der Waals surface area contributed by atoms with Gasteiger partial charge >= 0.3 is 5.97 Å². The molecular weight excluding hydrogens is 557 g/mol. The van der Waals surface area contributed by atoms with Gasteiger partial charge < -0.3 is 18.9 Å². The maximum absolute atomic E-state index is 15.2. The number of ether oxygens (including phenoxy) is 1. The van der Waals surface area contributed by atoms with Crippen LogP contribution in [-0.4, -0.2) is 28.8 Å². The van der Waals surface area contributed by atoms with E-state index in [4.69, 9.17) is 19.1 Å². The second-order valence-corrected chi connectivity index (χ2v) is 12.1. The number of fused-ring (bicyclic) bond motifs is 1. The quantitative estimate of drug-likeness (QED) is 0.203. The maximum atomic E-state index is 15.2. The number of benzene rings is 2. The minimum atomic E-state index is -1.14. The van der Waals surface area contributed by atoms with Crippen LogP contribution in [-0.2, 0) is 21.8 Å². The average molecular weight is 594 g/mol. The van der Waals surface area contributed by atoms with Gasteiger partial charge in [0, 0.05) is 29.4 Å². The van der Waals surface area contributed by atoms with Crippen molar-refractivity contribution in [1.82, 2.24) is 9.88 Å². The lowest BCUT2D eigenvalue weighted by molar-refractivity contribution is -0.184. The van der Waals surface area contributed by atoms with E-state index in [9.17, 15) is 4.79 Å². The highest BCUT2D eigenvalue weighted by Gasteiger charge is 2.59. The molecule has 2 saturated carbocycles. The lowest BCUT2D eigenvalue weighted by Gasteiger charge is -2.51. The van der Waals surface area contributed by atoms with Crippen LogP contribution in [0.15, 0.2) is 95.0 Å². The molecule has 0 amide bonds. The summed E-state index contributed by atoms with van der Waals surface area (Å²) in [5.74, 6) is 1.33. The maximum Gasteiger partial charge on any atom is 0.338 e. The third-order valence-electron chi connectivity index (χ3n) is 9.86. The molecule has 2 aliphatic carbocycles. The van der Waals surface area contributed by atoms with Gasteiger partial charge in [-0.1, -0.05) is 73.7 Å².